The van der Waals surface area contributed by atoms with Crippen LogP contribution in [0.25, 0.3) is 6.08 Å². The molecular weight excluding hydrogens is 282 g/mol. The smallest absolute Gasteiger partial charge is 0.246 e. The fourth-order valence-electron chi connectivity index (χ4n) is 2.19. The topological polar surface area (TPSA) is 51.9 Å². The molecule has 0 N–H and O–H groups in total. The number of amides is 1. The van der Waals surface area contributed by atoms with Crippen LogP contribution in [-0.4, -0.2) is 24.6 Å². The molecule has 0 bridgehead atoms. The second-order valence-electron chi connectivity index (χ2n) is 5.15. The van der Waals surface area contributed by atoms with Crippen LogP contribution in [0.15, 0.2) is 40.8 Å². The van der Waals surface area contributed by atoms with E-state index in [0.29, 0.717) is 12.3 Å². The Morgan fingerprint density at radius 1 is 1.23 bits per heavy atom. The molecule has 0 radical (unpaired) electrons. The van der Waals surface area contributed by atoms with Crippen molar-refractivity contribution >= 4 is 12.0 Å². The molecule has 5 heteroatoms. The molecule has 0 saturated heterocycles. The molecule has 2 aromatic rings. The first-order chi connectivity index (χ1) is 10.6. The van der Waals surface area contributed by atoms with E-state index in [4.69, 9.17) is 13.9 Å². The number of hydrogen-bond donors (Lipinski definition) is 0. The Balaban J connectivity index is 1.63. The molecule has 0 fully saturated rings. The predicted octanol–water partition coefficient (Wildman–Crippen LogP) is 2.99. The van der Waals surface area contributed by atoms with Crippen molar-refractivity contribution in [2.24, 2.45) is 0 Å². The largest absolute Gasteiger partial charge is 0.464 e. The van der Waals surface area contributed by atoms with Gasteiger partial charge in [0.05, 0.1) is 6.54 Å². The highest BCUT2D eigenvalue weighted by Crippen LogP contribution is 2.32. The molecular formula is C17H17NO4. The van der Waals surface area contributed by atoms with Crippen molar-refractivity contribution in [2.75, 3.05) is 13.8 Å². The van der Waals surface area contributed by atoms with E-state index >= 15 is 0 Å². The third-order valence-electron chi connectivity index (χ3n) is 3.38. The minimum Gasteiger partial charge on any atom is -0.464 e. The van der Waals surface area contributed by atoms with Gasteiger partial charge in [-0.2, -0.15) is 0 Å². The van der Waals surface area contributed by atoms with Gasteiger partial charge in [-0.25, -0.2) is 0 Å². The van der Waals surface area contributed by atoms with Gasteiger partial charge in [0, 0.05) is 13.1 Å². The van der Waals surface area contributed by atoms with Gasteiger partial charge in [0.2, 0.25) is 12.7 Å². The molecule has 22 heavy (non-hydrogen) atoms. The number of aryl methyl sites for hydroxylation is 1. The molecule has 2 heterocycles. The monoisotopic (exact) mass is 299 g/mol. The van der Waals surface area contributed by atoms with E-state index < -0.39 is 0 Å². The zero-order chi connectivity index (χ0) is 15.5. The lowest BCUT2D eigenvalue weighted by atomic mass is 10.2. The quantitative estimate of drug-likeness (QED) is 0.814. The van der Waals surface area contributed by atoms with Crippen molar-refractivity contribution in [3.63, 3.8) is 0 Å². The van der Waals surface area contributed by atoms with E-state index in [9.17, 15) is 4.79 Å². The van der Waals surface area contributed by atoms with Crippen LogP contribution < -0.4 is 9.47 Å². The molecule has 1 aliphatic rings. The highest BCUT2D eigenvalue weighted by atomic mass is 16.7. The minimum atomic E-state index is -0.0910. The van der Waals surface area contributed by atoms with Gasteiger partial charge in [-0.3, -0.25) is 4.79 Å². The maximum atomic E-state index is 12.1. The third kappa shape index (κ3) is 3.14. The summed E-state index contributed by atoms with van der Waals surface area (Å²) in [6, 6.07) is 9.33. The lowest BCUT2D eigenvalue weighted by Crippen LogP contribution is -2.23. The van der Waals surface area contributed by atoms with E-state index in [1.165, 1.54) is 6.08 Å². The van der Waals surface area contributed by atoms with Crippen molar-refractivity contribution in [1.29, 1.82) is 0 Å². The van der Waals surface area contributed by atoms with Crippen LogP contribution in [0.3, 0.4) is 0 Å². The lowest BCUT2D eigenvalue weighted by Gasteiger charge is -2.13. The number of furan rings is 1. The van der Waals surface area contributed by atoms with Gasteiger partial charge in [-0.15, -0.1) is 0 Å². The molecule has 5 nitrogen and oxygen atoms in total. The highest BCUT2D eigenvalue weighted by molar-refractivity contribution is 5.91. The van der Waals surface area contributed by atoms with Crippen LogP contribution in [0.2, 0.25) is 0 Å². The fraction of sp³-hybridized carbons (Fsp3) is 0.235. The zero-order valence-corrected chi connectivity index (χ0v) is 12.5. The number of fused-ring (bicyclic) bond motifs is 1. The number of rotatable bonds is 4. The summed E-state index contributed by atoms with van der Waals surface area (Å²) in [5, 5.41) is 0. The molecule has 3 rings (SSSR count). The summed E-state index contributed by atoms with van der Waals surface area (Å²) in [6.45, 7) is 2.57. The third-order valence-corrected chi connectivity index (χ3v) is 3.38. The Morgan fingerprint density at radius 2 is 2.05 bits per heavy atom. The van der Waals surface area contributed by atoms with E-state index in [1.54, 1.807) is 18.0 Å². The number of ether oxygens (including phenoxy) is 2. The summed E-state index contributed by atoms with van der Waals surface area (Å²) < 4.78 is 16.0. The molecule has 0 atom stereocenters. The van der Waals surface area contributed by atoms with Gasteiger partial charge in [0.25, 0.3) is 0 Å². The Bertz CT molecular complexity index is 717. The van der Waals surface area contributed by atoms with Crippen molar-refractivity contribution < 1.29 is 18.7 Å². The molecule has 1 aliphatic heterocycles. The molecule has 114 valence electrons. The Labute approximate surface area is 128 Å². The highest BCUT2D eigenvalue weighted by Gasteiger charge is 2.13. The standard InChI is InChI=1S/C17H17NO4/c1-12-3-6-14(22-12)10-18(2)17(19)8-5-13-4-7-15-16(9-13)21-11-20-15/h3-9H,10-11H2,1-2H3/b8-5+. The first-order valence-corrected chi connectivity index (χ1v) is 7.00. The maximum absolute atomic E-state index is 12.1. The summed E-state index contributed by atoms with van der Waals surface area (Å²) in [4.78, 5) is 13.7. The number of carbonyl (C=O) groups excluding carboxylic acids is 1. The second kappa shape index (κ2) is 5.97. The first kappa shape index (κ1) is 14.3. The number of hydrogen-bond acceptors (Lipinski definition) is 4. The normalized spacial score (nSPS) is 12.8. The van der Waals surface area contributed by atoms with Crippen LogP contribution in [0.4, 0.5) is 0 Å². The first-order valence-electron chi connectivity index (χ1n) is 7.00. The summed E-state index contributed by atoms with van der Waals surface area (Å²) in [5.41, 5.74) is 0.889. The predicted molar refractivity (Wildman–Crippen MR) is 81.5 cm³/mol. The van der Waals surface area contributed by atoms with Crippen molar-refractivity contribution in [1.82, 2.24) is 4.90 Å². The van der Waals surface area contributed by atoms with Gasteiger partial charge in [0.1, 0.15) is 11.5 Å². The Kier molecular flexibility index (Phi) is 3.87. The second-order valence-corrected chi connectivity index (χ2v) is 5.15. The van der Waals surface area contributed by atoms with Crippen LogP contribution >= 0.6 is 0 Å². The maximum Gasteiger partial charge on any atom is 0.246 e. The SMILES string of the molecule is Cc1ccc(CN(C)C(=O)/C=C/c2ccc3c(c2)OCO3)o1. The molecule has 0 saturated carbocycles. The average molecular weight is 299 g/mol. The summed E-state index contributed by atoms with van der Waals surface area (Å²) >= 11 is 0. The van der Waals surface area contributed by atoms with Gasteiger partial charge < -0.3 is 18.8 Å². The van der Waals surface area contributed by atoms with Crippen LogP contribution in [0, 0.1) is 6.92 Å². The van der Waals surface area contributed by atoms with Gasteiger partial charge >= 0.3 is 0 Å². The Morgan fingerprint density at radius 3 is 2.82 bits per heavy atom. The summed E-state index contributed by atoms with van der Waals surface area (Å²) in [5.74, 6) is 2.95. The van der Waals surface area contributed by atoms with Crippen LogP contribution in [-0.2, 0) is 11.3 Å². The minimum absolute atomic E-state index is 0.0910. The Hall–Kier alpha value is -2.69. The molecule has 0 spiro atoms. The van der Waals surface area contributed by atoms with Crippen LogP contribution in [0.1, 0.15) is 17.1 Å². The summed E-state index contributed by atoms with van der Waals surface area (Å²) in [7, 11) is 1.74. The van der Waals surface area contributed by atoms with E-state index in [-0.39, 0.29) is 12.7 Å². The molecule has 1 aromatic carbocycles. The number of likely N-dealkylation sites (N-methyl/N-ethyl adjacent to an activating group) is 1. The molecule has 0 aliphatic carbocycles. The summed E-state index contributed by atoms with van der Waals surface area (Å²) in [6.07, 6.45) is 3.29. The van der Waals surface area contributed by atoms with E-state index in [1.807, 2.05) is 37.3 Å². The van der Waals surface area contributed by atoms with Crippen molar-refractivity contribution in [2.45, 2.75) is 13.5 Å². The van der Waals surface area contributed by atoms with Crippen molar-refractivity contribution in [3.8, 4) is 11.5 Å². The molecule has 0 unspecified atom stereocenters. The van der Waals surface area contributed by atoms with Gasteiger partial charge in [-0.05, 0) is 42.8 Å². The number of carbonyl (C=O) groups is 1. The van der Waals surface area contributed by atoms with Gasteiger partial charge in [-0.1, -0.05) is 6.07 Å². The average Bonchev–Trinajstić information content (AvgIpc) is 3.12. The molecule has 1 amide bonds. The van der Waals surface area contributed by atoms with Crippen molar-refractivity contribution in [3.05, 3.63) is 53.5 Å². The lowest BCUT2D eigenvalue weighted by molar-refractivity contribution is -0.125. The van der Waals surface area contributed by atoms with Gasteiger partial charge in [0.15, 0.2) is 11.5 Å². The molecule has 1 aromatic heterocycles. The van der Waals surface area contributed by atoms with E-state index in [0.717, 1.165) is 22.8 Å². The van der Waals surface area contributed by atoms with E-state index in [2.05, 4.69) is 0 Å². The number of benzene rings is 1. The fourth-order valence-corrected chi connectivity index (χ4v) is 2.19. The van der Waals surface area contributed by atoms with Crippen LogP contribution in [0.5, 0.6) is 11.5 Å². The number of nitrogens with zero attached hydrogens (tertiary/aromatic N) is 1. The zero-order valence-electron chi connectivity index (χ0n) is 12.5.